The van der Waals surface area contributed by atoms with Crippen LogP contribution in [0, 0.1) is 17.5 Å². The molecule has 0 aliphatic heterocycles. The molecule has 7 heteroatoms. The summed E-state index contributed by atoms with van der Waals surface area (Å²) in [5, 5.41) is 0. The summed E-state index contributed by atoms with van der Waals surface area (Å²) in [5.41, 5.74) is 1.16. The van der Waals surface area contributed by atoms with E-state index in [1.807, 2.05) is 6.92 Å². The van der Waals surface area contributed by atoms with Gasteiger partial charge in [0, 0.05) is 6.61 Å². The Balaban J connectivity index is 1.37. The van der Waals surface area contributed by atoms with E-state index < -0.39 is 29.0 Å². The minimum atomic E-state index is -1.20. The molecular formula is C33H37F3O4. The number of esters is 1. The number of benzene rings is 3. The SMILES string of the molecule is CCCCOc1ccc(-c2ccc(OC(=O)c3ccc(C4CCC(OCCCC)CC4)c(F)c3F)cc2)cc1F. The molecule has 0 radical (unpaired) electrons. The summed E-state index contributed by atoms with van der Waals surface area (Å²) >= 11 is 0. The normalized spacial score (nSPS) is 17.0. The van der Waals surface area contributed by atoms with Crippen LogP contribution < -0.4 is 9.47 Å². The van der Waals surface area contributed by atoms with Crippen molar-refractivity contribution in [2.45, 2.75) is 77.2 Å². The second-order valence-electron chi connectivity index (χ2n) is 10.3. The van der Waals surface area contributed by atoms with Crippen LogP contribution in [0.2, 0.25) is 0 Å². The summed E-state index contributed by atoms with van der Waals surface area (Å²) in [6, 6.07) is 13.9. The lowest BCUT2D eigenvalue weighted by Crippen LogP contribution is -2.22. The maximum atomic E-state index is 15.0. The number of rotatable bonds is 12. The van der Waals surface area contributed by atoms with E-state index in [-0.39, 0.29) is 23.5 Å². The van der Waals surface area contributed by atoms with Gasteiger partial charge in [0.05, 0.1) is 18.3 Å². The first-order chi connectivity index (χ1) is 19.4. The Bertz CT molecular complexity index is 1270. The van der Waals surface area contributed by atoms with Crippen molar-refractivity contribution in [3.05, 3.63) is 83.2 Å². The molecule has 0 bridgehead atoms. The van der Waals surface area contributed by atoms with Gasteiger partial charge >= 0.3 is 5.97 Å². The first kappa shape index (κ1) is 29.7. The van der Waals surface area contributed by atoms with Gasteiger partial charge in [-0.15, -0.1) is 0 Å². The maximum Gasteiger partial charge on any atom is 0.346 e. The monoisotopic (exact) mass is 554 g/mol. The molecule has 4 nitrogen and oxygen atoms in total. The van der Waals surface area contributed by atoms with E-state index in [2.05, 4.69) is 6.92 Å². The predicted molar refractivity (Wildman–Crippen MR) is 149 cm³/mol. The molecule has 1 fully saturated rings. The van der Waals surface area contributed by atoms with Gasteiger partial charge in [-0.05, 0) is 91.5 Å². The third kappa shape index (κ3) is 7.45. The van der Waals surface area contributed by atoms with Crippen LogP contribution in [-0.4, -0.2) is 25.3 Å². The Morgan fingerprint density at radius 3 is 2.15 bits per heavy atom. The zero-order chi connectivity index (χ0) is 28.5. The average molecular weight is 555 g/mol. The second-order valence-corrected chi connectivity index (χ2v) is 10.3. The highest BCUT2D eigenvalue weighted by molar-refractivity contribution is 5.91. The van der Waals surface area contributed by atoms with E-state index in [4.69, 9.17) is 14.2 Å². The summed E-state index contributed by atoms with van der Waals surface area (Å²) in [6.07, 6.45) is 7.09. The third-order valence-corrected chi connectivity index (χ3v) is 7.38. The van der Waals surface area contributed by atoms with E-state index in [1.165, 1.54) is 30.3 Å². The lowest BCUT2D eigenvalue weighted by molar-refractivity contribution is 0.0230. The Morgan fingerprint density at radius 1 is 0.800 bits per heavy atom. The van der Waals surface area contributed by atoms with Crippen molar-refractivity contribution >= 4 is 5.97 Å². The molecule has 1 aliphatic rings. The van der Waals surface area contributed by atoms with Crippen LogP contribution in [0.4, 0.5) is 13.2 Å². The zero-order valence-corrected chi connectivity index (χ0v) is 23.2. The minimum Gasteiger partial charge on any atom is -0.491 e. The van der Waals surface area contributed by atoms with E-state index in [9.17, 15) is 13.6 Å². The average Bonchev–Trinajstić information content (AvgIpc) is 2.96. The van der Waals surface area contributed by atoms with Crippen LogP contribution in [0.15, 0.2) is 54.6 Å². The molecule has 0 atom stereocenters. The molecule has 0 saturated heterocycles. The van der Waals surface area contributed by atoms with Gasteiger partial charge in [0.15, 0.2) is 23.2 Å². The number of hydrogen-bond acceptors (Lipinski definition) is 4. The smallest absolute Gasteiger partial charge is 0.346 e. The molecule has 3 aromatic rings. The van der Waals surface area contributed by atoms with Crippen molar-refractivity contribution in [2.75, 3.05) is 13.2 Å². The van der Waals surface area contributed by atoms with Crippen molar-refractivity contribution in [1.82, 2.24) is 0 Å². The molecule has 0 amide bonds. The largest absolute Gasteiger partial charge is 0.491 e. The highest BCUT2D eigenvalue weighted by atomic mass is 19.2. The van der Waals surface area contributed by atoms with Crippen molar-refractivity contribution < 1.29 is 32.2 Å². The number of carbonyl (C=O) groups is 1. The molecule has 0 N–H and O–H groups in total. The van der Waals surface area contributed by atoms with Crippen molar-refractivity contribution in [2.24, 2.45) is 0 Å². The lowest BCUT2D eigenvalue weighted by atomic mass is 9.82. The summed E-state index contributed by atoms with van der Waals surface area (Å²) in [5.74, 6) is -3.38. The Hall–Kier alpha value is -3.32. The standard InChI is InChI=1S/C33H37F3O4/c1-3-5-19-38-25-12-9-23(10-13-25)27-16-17-28(32(36)31(27)35)33(37)40-26-14-7-22(8-15-26)24-11-18-30(29(34)21-24)39-20-6-4-2/h7-8,11,14-18,21,23,25H,3-6,9-10,12-13,19-20H2,1-2H3. The van der Waals surface area contributed by atoms with Crippen molar-refractivity contribution in [1.29, 1.82) is 0 Å². The number of hydrogen-bond donors (Lipinski definition) is 0. The van der Waals surface area contributed by atoms with Gasteiger partial charge in [0.1, 0.15) is 5.75 Å². The quantitative estimate of drug-likeness (QED) is 0.127. The Morgan fingerprint density at radius 2 is 1.48 bits per heavy atom. The summed E-state index contributed by atoms with van der Waals surface area (Å²) in [4.78, 5) is 12.7. The summed E-state index contributed by atoms with van der Waals surface area (Å²) in [6.45, 7) is 5.33. The fourth-order valence-corrected chi connectivity index (χ4v) is 4.97. The molecule has 40 heavy (non-hydrogen) atoms. The molecule has 214 valence electrons. The van der Waals surface area contributed by atoms with Gasteiger partial charge < -0.3 is 14.2 Å². The predicted octanol–water partition coefficient (Wildman–Crippen LogP) is 9.01. The Labute approximate surface area is 234 Å². The summed E-state index contributed by atoms with van der Waals surface area (Å²) < 4.78 is 61.1. The van der Waals surface area contributed by atoms with Crippen molar-refractivity contribution in [3.8, 4) is 22.6 Å². The van der Waals surface area contributed by atoms with E-state index in [1.54, 1.807) is 24.3 Å². The fourth-order valence-electron chi connectivity index (χ4n) is 4.97. The molecule has 3 aromatic carbocycles. The fraction of sp³-hybridized carbons (Fsp3) is 0.424. The van der Waals surface area contributed by atoms with Gasteiger partial charge in [-0.3, -0.25) is 0 Å². The van der Waals surface area contributed by atoms with Gasteiger partial charge in [-0.1, -0.05) is 51.0 Å². The molecular weight excluding hydrogens is 517 g/mol. The molecule has 4 rings (SSSR count). The van der Waals surface area contributed by atoms with Crippen LogP contribution in [0.25, 0.3) is 11.1 Å². The van der Waals surface area contributed by atoms with Gasteiger partial charge in [0.2, 0.25) is 0 Å². The molecule has 1 aliphatic carbocycles. The van der Waals surface area contributed by atoms with E-state index >= 15 is 4.39 Å². The first-order valence-electron chi connectivity index (χ1n) is 14.3. The van der Waals surface area contributed by atoms with E-state index in [0.29, 0.717) is 36.1 Å². The number of unbranched alkanes of at least 4 members (excludes halogenated alkanes) is 2. The number of ether oxygens (including phenoxy) is 3. The Kier molecular flexibility index (Phi) is 10.6. The van der Waals surface area contributed by atoms with Crippen LogP contribution in [0.1, 0.15) is 87.1 Å². The molecule has 0 spiro atoms. The zero-order valence-electron chi connectivity index (χ0n) is 23.2. The minimum absolute atomic E-state index is 0.111. The number of carbonyl (C=O) groups excluding carboxylic acids is 1. The highest BCUT2D eigenvalue weighted by Crippen LogP contribution is 2.36. The van der Waals surface area contributed by atoms with Crippen LogP contribution in [-0.2, 0) is 4.74 Å². The second kappa shape index (κ2) is 14.4. The van der Waals surface area contributed by atoms with Gasteiger partial charge in [0.25, 0.3) is 0 Å². The van der Waals surface area contributed by atoms with Crippen molar-refractivity contribution in [3.63, 3.8) is 0 Å². The number of halogens is 3. The molecule has 0 aromatic heterocycles. The highest BCUT2D eigenvalue weighted by Gasteiger charge is 2.28. The van der Waals surface area contributed by atoms with Gasteiger partial charge in [-0.25, -0.2) is 18.0 Å². The van der Waals surface area contributed by atoms with Crippen LogP contribution in [0.3, 0.4) is 0 Å². The third-order valence-electron chi connectivity index (χ3n) is 7.38. The molecule has 1 saturated carbocycles. The summed E-state index contributed by atoms with van der Waals surface area (Å²) in [7, 11) is 0. The van der Waals surface area contributed by atoms with Crippen LogP contribution in [0.5, 0.6) is 11.5 Å². The van der Waals surface area contributed by atoms with Gasteiger partial charge in [-0.2, -0.15) is 0 Å². The van der Waals surface area contributed by atoms with E-state index in [0.717, 1.165) is 45.1 Å². The molecule has 0 unspecified atom stereocenters. The maximum absolute atomic E-state index is 15.0. The first-order valence-corrected chi connectivity index (χ1v) is 14.3. The lowest BCUT2D eigenvalue weighted by Gasteiger charge is -2.29. The molecule has 0 heterocycles. The van der Waals surface area contributed by atoms with Crippen LogP contribution >= 0.6 is 0 Å². The topological polar surface area (TPSA) is 44.8 Å².